The number of thiazole rings is 1. The first kappa shape index (κ1) is 12.2. The van der Waals surface area contributed by atoms with Gasteiger partial charge in [0.25, 0.3) is 0 Å². The molecule has 0 spiro atoms. The van der Waals surface area contributed by atoms with Gasteiger partial charge >= 0.3 is 0 Å². The predicted molar refractivity (Wildman–Crippen MR) is 76.6 cm³/mol. The molecule has 0 bridgehead atoms. The van der Waals surface area contributed by atoms with Gasteiger partial charge in [0, 0.05) is 11.7 Å². The molecule has 0 saturated heterocycles. The Morgan fingerprint density at radius 3 is 2.71 bits per heavy atom. The highest BCUT2D eigenvalue weighted by Gasteiger charge is 2.20. The van der Waals surface area contributed by atoms with Crippen LogP contribution in [0.5, 0.6) is 0 Å². The van der Waals surface area contributed by atoms with Gasteiger partial charge in [0.15, 0.2) is 5.13 Å². The Labute approximate surface area is 106 Å². The summed E-state index contributed by atoms with van der Waals surface area (Å²) in [6.07, 6.45) is 0. The van der Waals surface area contributed by atoms with E-state index in [-0.39, 0.29) is 5.41 Å². The lowest BCUT2D eigenvalue weighted by Crippen LogP contribution is -2.30. The maximum atomic E-state index is 5.76. The van der Waals surface area contributed by atoms with Crippen molar-refractivity contribution in [2.45, 2.75) is 33.7 Å². The number of nitrogens with two attached hydrogens (primary N) is 1. The lowest BCUT2D eigenvalue weighted by atomic mass is 9.88. The SMILES string of the molecule is CC(Nc1nc2ccc(N)cc2s1)C(C)(C)C. The standard InChI is InChI=1S/C13H19N3S/c1-8(13(2,3)4)15-12-16-10-6-5-9(14)7-11(10)17-12/h5-8H,14H2,1-4H3,(H,15,16). The second-order valence-corrected chi connectivity index (χ2v) is 6.51. The average molecular weight is 249 g/mol. The maximum absolute atomic E-state index is 5.76. The third-order valence-electron chi connectivity index (χ3n) is 3.05. The van der Waals surface area contributed by atoms with Crippen molar-refractivity contribution in [2.24, 2.45) is 5.41 Å². The predicted octanol–water partition coefficient (Wildman–Crippen LogP) is 3.73. The van der Waals surface area contributed by atoms with E-state index in [4.69, 9.17) is 5.73 Å². The van der Waals surface area contributed by atoms with Gasteiger partial charge in [-0.15, -0.1) is 0 Å². The lowest BCUT2D eigenvalue weighted by Gasteiger charge is -2.27. The quantitative estimate of drug-likeness (QED) is 0.797. The van der Waals surface area contributed by atoms with Crippen LogP contribution in [-0.2, 0) is 0 Å². The molecule has 0 aliphatic heterocycles. The Morgan fingerprint density at radius 1 is 1.35 bits per heavy atom. The number of nitrogens with zero attached hydrogens (tertiary/aromatic N) is 1. The monoisotopic (exact) mass is 249 g/mol. The lowest BCUT2D eigenvalue weighted by molar-refractivity contribution is 0.359. The van der Waals surface area contributed by atoms with Gasteiger partial charge in [0.2, 0.25) is 0 Å². The number of benzene rings is 1. The third-order valence-corrected chi connectivity index (χ3v) is 4.00. The number of nitrogen functional groups attached to an aromatic ring is 1. The number of nitrogens with one attached hydrogen (secondary N) is 1. The van der Waals surface area contributed by atoms with Crippen LogP contribution in [-0.4, -0.2) is 11.0 Å². The van der Waals surface area contributed by atoms with Crippen molar-refractivity contribution in [3.63, 3.8) is 0 Å². The number of hydrogen-bond acceptors (Lipinski definition) is 4. The summed E-state index contributed by atoms with van der Waals surface area (Å²) in [6.45, 7) is 8.84. The highest BCUT2D eigenvalue weighted by atomic mass is 32.1. The zero-order chi connectivity index (χ0) is 12.6. The first-order valence-corrected chi connectivity index (χ1v) is 6.60. The minimum absolute atomic E-state index is 0.219. The first-order chi connectivity index (χ1) is 7.86. The summed E-state index contributed by atoms with van der Waals surface area (Å²) in [5, 5.41) is 4.42. The molecule has 1 heterocycles. The molecule has 17 heavy (non-hydrogen) atoms. The molecule has 1 aromatic carbocycles. The van der Waals surface area contributed by atoms with Crippen molar-refractivity contribution in [3.05, 3.63) is 18.2 Å². The van der Waals surface area contributed by atoms with Gasteiger partial charge in [0.1, 0.15) is 0 Å². The van der Waals surface area contributed by atoms with Crippen LogP contribution in [0.1, 0.15) is 27.7 Å². The molecule has 3 nitrogen and oxygen atoms in total. The molecular weight excluding hydrogens is 230 g/mol. The molecule has 2 rings (SSSR count). The van der Waals surface area contributed by atoms with E-state index in [0.717, 1.165) is 21.0 Å². The van der Waals surface area contributed by atoms with Crippen molar-refractivity contribution in [1.82, 2.24) is 4.98 Å². The van der Waals surface area contributed by atoms with Crippen molar-refractivity contribution >= 4 is 32.4 Å². The summed E-state index contributed by atoms with van der Waals surface area (Å²) in [5.41, 5.74) is 7.78. The maximum Gasteiger partial charge on any atom is 0.184 e. The Bertz CT molecular complexity index is 525. The van der Waals surface area contributed by atoms with Gasteiger partial charge in [-0.25, -0.2) is 4.98 Å². The Balaban J connectivity index is 2.25. The number of anilines is 2. The van der Waals surface area contributed by atoms with E-state index >= 15 is 0 Å². The van der Waals surface area contributed by atoms with E-state index in [1.54, 1.807) is 11.3 Å². The van der Waals surface area contributed by atoms with Gasteiger partial charge in [0.05, 0.1) is 10.2 Å². The van der Waals surface area contributed by atoms with E-state index in [1.165, 1.54) is 0 Å². The van der Waals surface area contributed by atoms with Gasteiger partial charge in [-0.2, -0.15) is 0 Å². The molecule has 1 unspecified atom stereocenters. The van der Waals surface area contributed by atoms with Crippen molar-refractivity contribution in [2.75, 3.05) is 11.1 Å². The molecule has 0 fully saturated rings. The van der Waals surface area contributed by atoms with E-state index in [1.807, 2.05) is 18.2 Å². The summed E-state index contributed by atoms with van der Waals surface area (Å²) >= 11 is 1.65. The largest absolute Gasteiger partial charge is 0.399 e. The molecule has 0 radical (unpaired) electrons. The minimum Gasteiger partial charge on any atom is -0.399 e. The summed E-state index contributed by atoms with van der Waals surface area (Å²) in [5.74, 6) is 0. The molecule has 0 saturated carbocycles. The number of fused-ring (bicyclic) bond motifs is 1. The summed E-state index contributed by atoms with van der Waals surface area (Å²) in [7, 11) is 0. The van der Waals surface area contributed by atoms with E-state index in [2.05, 4.69) is 38.0 Å². The van der Waals surface area contributed by atoms with Gasteiger partial charge in [-0.05, 0) is 30.5 Å². The minimum atomic E-state index is 0.219. The van der Waals surface area contributed by atoms with E-state index < -0.39 is 0 Å². The molecular formula is C13H19N3S. The van der Waals surface area contributed by atoms with Crippen LogP contribution in [0.2, 0.25) is 0 Å². The molecule has 92 valence electrons. The average Bonchev–Trinajstić information content (AvgIpc) is 2.57. The fraction of sp³-hybridized carbons (Fsp3) is 0.462. The van der Waals surface area contributed by atoms with E-state index in [0.29, 0.717) is 6.04 Å². The highest BCUT2D eigenvalue weighted by Crippen LogP contribution is 2.30. The van der Waals surface area contributed by atoms with Gasteiger partial charge in [-0.1, -0.05) is 32.1 Å². The van der Waals surface area contributed by atoms with Crippen LogP contribution in [0, 0.1) is 5.41 Å². The normalized spacial score (nSPS) is 13.9. The van der Waals surface area contributed by atoms with Crippen LogP contribution in [0.3, 0.4) is 0 Å². The molecule has 0 aliphatic rings. The Morgan fingerprint density at radius 2 is 2.06 bits per heavy atom. The fourth-order valence-electron chi connectivity index (χ4n) is 1.40. The number of aromatic nitrogens is 1. The van der Waals surface area contributed by atoms with Gasteiger partial charge < -0.3 is 11.1 Å². The Hall–Kier alpha value is -1.29. The highest BCUT2D eigenvalue weighted by molar-refractivity contribution is 7.22. The molecule has 1 aromatic heterocycles. The molecule has 3 N–H and O–H groups in total. The van der Waals surface area contributed by atoms with E-state index in [9.17, 15) is 0 Å². The first-order valence-electron chi connectivity index (χ1n) is 5.79. The second-order valence-electron chi connectivity index (χ2n) is 5.48. The number of rotatable bonds is 2. The third kappa shape index (κ3) is 2.69. The van der Waals surface area contributed by atoms with Gasteiger partial charge in [-0.3, -0.25) is 0 Å². The van der Waals surface area contributed by atoms with Crippen LogP contribution in [0.15, 0.2) is 18.2 Å². The number of hydrogen-bond donors (Lipinski definition) is 2. The second kappa shape index (κ2) is 4.18. The van der Waals surface area contributed by atoms with Crippen molar-refractivity contribution in [3.8, 4) is 0 Å². The fourth-order valence-corrected chi connectivity index (χ4v) is 2.41. The molecule has 2 aromatic rings. The molecule has 0 amide bonds. The van der Waals surface area contributed by atoms with Crippen molar-refractivity contribution < 1.29 is 0 Å². The smallest absolute Gasteiger partial charge is 0.184 e. The zero-order valence-electron chi connectivity index (χ0n) is 10.7. The molecule has 4 heteroatoms. The van der Waals surface area contributed by atoms with Crippen molar-refractivity contribution in [1.29, 1.82) is 0 Å². The van der Waals surface area contributed by atoms with Crippen LogP contribution >= 0.6 is 11.3 Å². The summed E-state index contributed by atoms with van der Waals surface area (Å²) < 4.78 is 1.13. The van der Waals surface area contributed by atoms with Crippen LogP contribution in [0.4, 0.5) is 10.8 Å². The Kier molecular flexibility index (Phi) is 3.00. The summed E-state index contributed by atoms with van der Waals surface area (Å²) in [4.78, 5) is 4.56. The van der Waals surface area contributed by atoms with Crippen LogP contribution in [0.25, 0.3) is 10.2 Å². The molecule has 0 aliphatic carbocycles. The summed E-state index contributed by atoms with van der Waals surface area (Å²) in [6, 6.07) is 6.20. The zero-order valence-corrected chi connectivity index (χ0v) is 11.6. The topological polar surface area (TPSA) is 50.9 Å². The van der Waals surface area contributed by atoms with Crippen LogP contribution < -0.4 is 11.1 Å². The molecule has 1 atom stereocenters.